The molecule has 0 radical (unpaired) electrons. The van der Waals surface area contributed by atoms with E-state index < -0.39 is 11.8 Å². The van der Waals surface area contributed by atoms with Gasteiger partial charge in [-0.15, -0.1) is 0 Å². The molecule has 2 rings (SSSR count). The third-order valence-electron chi connectivity index (χ3n) is 3.19. The number of aromatic nitrogens is 1. The lowest BCUT2D eigenvalue weighted by molar-refractivity contribution is -0.136. The Morgan fingerprint density at radius 3 is 2.76 bits per heavy atom. The van der Waals surface area contributed by atoms with Crippen LogP contribution in [0.15, 0.2) is 42.7 Å². The molecule has 0 atom stereocenters. The monoisotopic (exact) mass is 288 g/mol. The van der Waals surface area contributed by atoms with E-state index in [1.807, 2.05) is 36.1 Å². The van der Waals surface area contributed by atoms with Crippen LogP contribution in [-0.2, 0) is 11.3 Å². The molecule has 0 bridgehead atoms. The summed E-state index contributed by atoms with van der Waals surface area (Å²) >= 11 is 0. The molecular weight excluding hydrogens is 271 g/mol. The van der Waals surface area contributed by atoms with E-state index in [4.69, 9.17) is 5.11 Å². The van der Waals surface area contributed by atoms with Gasteiger partial charge in [-0.1, -0.05) is 18.2 Å². The Balaban J connectivity index is 2.23. The predicted octanol–water partition coefficient (Wildman–Crippen LogP) is 3.01. The largest absolute Gasteiger partial charge is 0.481 e. The third-order valence-corrected chi connectivity index (χ3v) is 3.19. The van der Waals surface area contributed by atoms with Crippen LogP contribution in [0.1, 0.15) is 17.5 Å². The zero-order valence-corrected chi connectivity index (χ0v) is 11.8. The normalized spacial score (nSPS) is 10.4. The van der Waals surface area contributed by atoms with Crippen LogP contribution in [-0.4, -0.2) is 22.6 Å². The van der Waals surface area contributed by atoms with Crippen molar-refractivity contribution in [2.75, 3.05) is 11.4 Å². The van der Waals surface area contributed by atoms with E-state index in [1.165, 1.54) is 6.07 Å². The van der Waals surface area contributed by atoms with E-state index in [0.29, 0.717) is 18.7 Å². The maximum Gasteiger partial charge on any atom is 0.305 e. The summed E-state index contributed by atoms with van der Waals surface area (Å²) < 4.78 is 13.2. The molecule has 1 N–H and O–H groups in total. The number of carboxylic acid groups (broad SMARTS) is 1. The van der Waals surface area contributed by atoms with Crippen molar-refractivity contribution in [1.29, 1.82) is 0 Å². The van der Waals surface area contributed by atoms with Crippen molar-refractivity contribution in [1.82, 2.24) is 4.98 Å². The van der Waals surface area contributed by atoms with Crippen LogP contribution in [0, 0.1) is 12.7 Å². The van der Waals surface area contributed by atoms with Gasteiger partial charge in [-0.25, -0.2) is 4.39 Å². The van der Waals surface area contributed by atoms with Crippen molar-refractivity contribution in [2.45, 2.75) is 19.9 Å². The number of anilines is 1. The van der Waals surface area contributed by atoms with Crippen molar-refractivity contribution >= 4 is 11.7 Å². The lowest BCUT2D eigenvalue weighted by atomic mass is 10.1. The fourth-order valence-corrected chi connectivity index (χ4v) is 2.20. The molecule has 1 aromatic heterocycles. The van der Waals surface area contributed by atoms with Crippen LogP contribution < -0.4 is 4.90 Å². The topological polar surface area (TPSA) is 53.4 Å². The van der Waals surface area contributed by atoms with Crippen molar-refractivity contribution in [3.05, 3.63) is 59.7 Å². The number of pyridine rings is 1. The van der Waals surface area contributed by atoms with Gasteiger partial charge in [0.05, 0.1) is 12.6 Å². The second-order valence-corrected chi connectivity index (χ2v) is 4.86. The first-order chi connectivity index (χ1) is 10.1. The smallest absolute Gasteiger partial charge is 0.305 e. The number of nitrogens with zero attached hydrogens (tertiary/aromatic N) is 2. The van der Waals surface area contributed by atoms with Gasteiger partial charge in [-0.2, -0.15) is 0 Å². The standard InChI is InChI=1S/C16H17FN2O2/c1-12-4-2-3-5-15(12)19(7-6-16(20)21)11-13-8-14(17)10-18-9-13/h2-5,8-10H,6-7,11H2,1H3,(H,20,21). The van der Waals surface area contributed by atoms with Gasteiger partial charge in [-0.05, 0) is 30.2 Å². The van der Waals surface area contributed by atoms with E-state index in [9.17, 15) is 9.18 Å². The summed E-state index contributed by atoms with van der Waals surface area (Å²) in [6.07, 6.45) is 2.77. The number of rotatable bonds is 6. The van der Waals surface area contributed by atoms with Crippen LogP contribution in [0.3, 0.4) is 0 Å². The molecule has 0 spiro atoms. The van der Waals surface area contributed by atoms with Gasteiger partial charge < -0.3 is 10.0 Å². The van der Waals surface area contributed by atoms with E-state index in [1.54, 1.807) is 6.20 Å². The fourth-order valence-electron chi connectivity index (χ4n) is 2.20. The molecule has 0 aliphatic carbocycles. The molecule has 1 heterocycles. The highest BCUT2D eigenvalue weighted by atomic mass is 19.1. The molecule has 0 aliphatic rings. The van der Waals surface area contributed by atoms with Crippen LogP contribution in [0.4, 0.5) is 10.1 Å². The number of aryl methyl sites for hydroxylation is 1. The first-order valence-electron chi connectivity index (χ1n) is 6.68. The molecule has 0 saturated heterocycles. The SMILES string of the molecule is Cc1ccccc1N(CCC(=O)O)Cc1cncc(F)c1. The fraction of sp³-hybridized carbons (Fsp3) is 0.250. The molecule has 0 amide bonds. The molecule has 0 aliphatic heterocycles. The first-order valence-corrected chi connectivity index (χ1v) is 6.68. The Bertz CT molecular complexity index is 631. The molecule has 0 saturated carbocycles. The van der Waals surface area contributed by atoms with Crippen LogP contribution >= 0.6 is 0 Å². The van der Waals surface area contributed by atoms with Gasteiger partial charge in [0.2, 0.25) is 0 Å². The van der Waals surface area contributed by atoms with Crippen molar-refractivity contribution in [3.63, 3.8) is 0 Å². The number of aliphatic carboxylic acids is 1. The molecular formula is C16H17FN2O2. The average molecular weight is 288 g/mol. The quantitative estimate of drug-likeness (QED) is 0.887. The summed E-state index contributed by atoms with van der Waals surface area (Å²) in [5.41, 5.74) is 2.71. The number of hydrogen-bond donors (Lipinski definition) is 1. The Morgan fingerprint density at radius 1 is 1.33 bits per heavy atom. The van der Waals surface area contributed by atoms with Gasteiger partial charge in [0.25, 0.3) is 0 Å². The Morgan fingerprint density at radius 2 is 2.10 bits per heavy atom. The summed E-state index contributed by atoms with van der Waals surface area (Å²) in [4.78, 5) is 16.6. The second kappa shape index (κ2) is 6.83. The van der Waals surface area contributed by atoms with Gasteiger partial charge in [0, 0.05) is 25.0 Å². The van der Waals surface area contributed by atoms with Crippen LogP contribution in [0.25, 0.3) is 0 Å². The molecule has 2 aromatic rings. The minimum absolute atomic E-state index is 0.0249. The zero-order chi connectivity index (χ0) is 15.2. The molecule has 5 heteroatoms. The Labute approximate surface area is 122 Å². The van der Waals surface area contributed by atoms with Gasteiger partial charge >= 0.3 is 5.97 Å². The van der Waals surface area contributed by atoms with Crippen molar-refractivity contribution < 1.29 is 14.3 Å². The van der Waals surface area contributed by atoms with E-state index in [-0.39, 0.29) is 6.42 Å². The van der Waals surface area contributed by atoms with Crippen LogP contribution in [0.5, 0.6) is 0 Å². The highest BCUT2D eigenvalue weighted by molar-refractivity contribution is 5.68. The number of carbonyl (C=O) groups is 1. The number of para-hydroxylation sites is 1. The molecule has 0 fully saturated rings. The van der Waals surface area contributed by atoms with Gasteiger partial charge in [0.1, 0.15) is 5.82 Å². The molecule has 4 nitrogen and oxygen atoms in total. The highest BCUT2D eigenvalue weighted by Gasteiger charge is 2.12. The zero-order valence-electron chi connectivity index (χ0n) is 11.8. The summed E-state index contributed by atoms with van der Waals surface area (Å²) in [6, 6.07) is 9.15. The molecule has 1 aromatic carbocycles. The minimum atomic E-state index is -0.856. The molecule has 0 unspecified atom stereocenters. The minimum Gasteiger partial charge on any atom is -0.481 e. The summed E-state index contributed by atoms with van der Waals surface area (Å²) in [5.74, 6) is -1.25. The summed E-state index contributed by atoms with van der Waals surface area (Å²) in [6.45, 7) is 2.74. The first kappa shape index (κ1) is 15.0. The predicted molar refractivity (Wildman–Crippen MR) is 78.7 cm³/mol. The van der Waals surface area contributed by atoms with Crippen molar-refractivity contribution in [2.24, 2.45) is 0 Å². The lowest BCUT2D eigenvalue weighted by Crippen LogP contribution is -2.26. The van der Waals surface area contributed by atoms with E-state index >= 15 is 0 Å². The maximum atomic E-state index is 13.2. The molecule has 21 heavy (non-hydrogen) atoms. The Kier molecular flexibility index (Phi) is 4.87. The third kappa shape index (κ3) is 4.27. The summed E-state index contributed by atoms with van der Waals surface area (Å²) in [5, 5.41) is 8.89. The maximum absolute atomic E-state index is 13.2. The Hall–Kier alpha value is -2.43. The van der Waals surface area contributed by atoms with E-state index in [0.717, 1.165) is 17.4 Å². The van der Waals surface area contributed by atoms with E-state index in [2.05, 4.69) is 4.98 Å². The van der Waals surface area contributed by atoms with Gasteiger partial charge in [0.15, 0.2) is 0 Å². The van der Waals surface area contributed by atoms with Crippen molar-refractivity contribution in [3.8, 4) is 0 Å². The van der Waals surface area contributed by atoms with Gasteiger partial charge in [-0.3, -0.25) is 9.78 Å². The molecule has 110 valence electrons. The highest BCUT2D eigenvalue weighted by Crippen LogP contribution is 2.22. The van der Waals surface area contributed by atoms with Crippen LogP contribution in [0.2, 0.25) is 0 Å². The lowest BCUT2D eigenvalue weighted by Gasteiger charge is -2.26. The number of carboxylic acids is 1. The second-order valence-electron chi connectivity index (χ2n) is 4.86. The number of hydrogen-bond acceptors (Lipinski definition) is 3. The number of halogens is 1. The summed E-state index contributed by atoms with van der Waals surface area (Å²) in [7, 11) is 0. The number of benzene rings is 1. The average Bonchev–Trinajstić information content (AvgIpc) is 2.44.